The SMILES string of the molecule is O=C(O)c1ccccc1/C=C1/SC(=O)N(Cc2ccc(Cl)cc2)C1=O. The molecule has 3 rings (SSSR count). The summed E-state index contributed by atoms with van der Waals surface area (Å²) in [6.45, 7) is 0.139. The number of carboxylic acids is 1. The van der Waals surface area contributed by atoms with Crippen molar-refractivity contribution in [3.05, 3.63) is 75.1 Å². The van der Waals surface area contributed by atoms with Gasteiger partial charge in [-0.1, -0.05) is 41.9 Å². The first kappa shape index (κ1) is 17.3. The van der Waals surface area contributed by atoms with Crippen molar-refractivity contribution in [3.63, 3.8) is 0 Å². The zero-order chi connectivity index (χ0) is 18.0. The Kier molecular flexibility index (Phi) is 4.92. The van der Waals surface area contributed by atoms with E-state index >= 15 is 0 Å². The maximum absolute atomic E-state index is 12.5. The molecule has 7 heteroatoms. The maximum atomic E-state index is 12.5. The zero-order valence-electron chi connectivity index (χ0n) is 12.8. The van der Waals surface area contributed by atoms with Crippen molar-refractivity contribution >= 4 is 46.6 Å². The van der Waals surface area contributed by atoms with Crippen molar-refractivity contribution in [1.29, 1.82) is 0 Å². The van der Waals surface area contributed by atoms with Gasteiger partial charge in [-0.05, 0) is 47.2 Å². The molecule has 0 aliphatic carbocycles. The number of amides is 2. The van der Waals surface area contributed by atoms with E-state index in [4.69, 9.17) is 11.6 Å². The van der Waals surface area contributed by atoms with Crippen LogP contribution in [0, 0.1) is 0 Å². The number of carbonyl (C=O) groups is 3. The van der Waals surface area contributed by atoms with Gasteiger partial charge >= 0.3 is 5.97 Å². The third-order valence-corrected chi connectivity index (χ3v) is 4.76. The molecule has 5 nitrogen and oxygen atoms in total. The highest BCUT2D eigenvalue weighted by Crippen LogP contribution is 2.33. The molecule has 0 bridgehead atoms. The van der Waals surface area contributed by atoms with E-state index in [0.29, 0.717) is 10.6 Å². The van der Waals surface area contributed by atoms with Gasteiger partial charge < -0.3 is 5.11 Å². The van der Waals surface area contributed by atoms with Crippen molar-refractivity contribution in [2.75, 3.05) is 0 Å². The predicted octanol–water partition coefficient (Wildman–Crippen LogP) is 4.27. The number of hydrogen-bond donors (Lipinski definition) is 1. The first-order valence-electron chi connectivity index (χ1n) is 7.28. The van der Waals surface area contributed by atoms with Crippen molar-refractivity contribution in [2.24, 2.45) is 0 Å². The normalized spacial score (nSPS) is 15.9. The summed E-state index contributed by atoms with van der Waals surface area (Å²) in [7, 11) is 0. The van der Waals surface area contributed by atoms with Gasteiger partial charge in [-0.25, -0.2) is 4.79 Å². The Morgan fingerprint density at radius 1 is 1.12 bits per heavy atom. The Morgan fingerprint density at radius 2 is 1.80 bits per heavy atom. The highest BCUT2D eigenvalue weighted by atomic mass is 35.5. The third-order valence-electron chi connectivity index (χ3n) is 3.61. The Morgan fingerprint density at radius 3 is 2.48 bits per heavy atom. The average molecular weight is 374 g/mol. The van der Waals surface area contributed by atoms with E-state index in [9.17, 15) is 19.5 Å². The largest absolute Gasteiger partial charge is 0.478 e. The van der Waals surface area contributed by atoms with E-state index in [2.05, 4.69) is 0 Å². The number of hydrogen-bond acceptors (Lipinski definition) is 4. The number of aromatic carboxylic acids is 1. The van der Waals surface area contributed by atoms with Crippen molar-refractivity contribution in [2.45, 2.75) is 6.54 Å². The van der Waals surface area contributed by atoms with Crippen molar-refractivity contribution < 1.29 is 19.5 Å². The fourth-order valence-electron chi connectivity index (χ4n) is 2.37. The number of thioether (sulfide) groups is 1. The fraction of sp³-hybridized carbons (Fsp3) is 0.0556. The second-order valence-electron chi connectivity index (χ2n) is 5.29. The minimum absolute atomic E-state index is 0.0759. The Labute approximate surface area is 152 Å². The number of imide groups is 1. The summed E-state index contributed by atoms with van der Waals surface area (Å²) in [6, 6.07) is 13.2. The van der Waals surface area contributed by atoms with Crippen LogP contribution in [0.3, 0.4) is 0 Å². The number of rotatable bonds is 4. The number of carbonyl (C=O) groups excluding carboxylic acids is 2. The number of benzene rings is 2. The van der Waals surface area contributed by atoms with Crippen LogP contribution in [0.4, 0.5) is 4.79 Å². The summed E-state index contributed by atoms with van der Waals surface area (Å²) in [6.07, 6.45) is 1.44. The van der Waals surface area contributed by atoms with Gasteiger partial charge in [0.25, 0.3) is 11.1 Å². The minimum atomic E-state index is -1.09. The molecule has 1 heterocycles. The highest BCUT2D eigenvalue weighted by molar-refractivity contribution is 8.18. The summed E-state index contributed by atoms with van der Waals surface area (Å²) in [5, 5.41) is 9.40. The van der Waals surface area contributed by atoms with Gasteiger partial charge in [0.1, 0.15) is 0 Å². The van der Waals surface area contributed by atoms with Crippen LogP contribution in [0.5, 0.6) is 0 Å². The summed E-state index contributed by atoms with van der Waals surface area (Å²) < 4.78 is 0. The molecule has 0 aromatic heterocycles. The molecule has 1 saturated heterocycles. The second kappa shape index (κ2) is 7.13. The van der Waals surface area contributed by atoms with Gasteiger partial charge in [0.2, 0.25) is 0 Å². The molecule has 1 N–H and O–H groups in total. The number of nitrogens with zero attached hydrogens (tertiary/aromatic N) is 1. The molecule has 126 valence electrons. The molecule has 2 aromatic carbocycles. The lowest BCUT2D eigenvalue weighted by atomic mass is 10.1. The first-order valence-corrected chi connectivity index (χ1v) is 8.47. The van der Waals surface area contributed by atoms with Gasteiger partial charge in [0.05, 0.1) is 17.0 Å². The zero-order valence-corrected chi connectivity index (χ0v) is 14.4. The van der Waals surface area contributed by atoms with E-state index in [-0.39, 0.29) is 22.3 Å². The summed E-state index contributed by atoms with van der Waals surface area (Å²) in [4.78, 5) is 37.3. The molecule has 1 aliphatic heterocycles. The van der Waals surface area contributed by atoms with Crippen molar-refractivity contribution in [3.8, 4) is 0 Å². The highest BCUT2D eigenvalue weighted by Gasteiger charge is 2.35. The molecule has 2 amide bonds. The van der Waals surface area contributed by atoms with Crippen LogP contribution in [0.15, 0.2) is 53.4 Å². The van der Waals surface area contributed by atoms with Gasteiger partial charge in [0, 0.05) is 5.02 Å². The molecular weight excluding hydrogens is 362 g/mol. The fourth-order valence-corrected chi connectivity index (χ4v) is 3.32. The third kappa shape index (κ3) is 3.75. The van der Waals surface area contributed by atoms with E-state index in [1.165, 1.54) is 12.1 Å². The van der Waals surface area contributed by atoms with Gasteiger partial charge in [-0.2, -0.15) is 0 Å². The molecule has 0 saturated carbocycles. The molecule has 25 heavy (non-hydrogen) atoms. The summed E-state index contributed by atoms with van der Waals surface area (Å²) >= 11 is 6.63. The van der Waals surface area contributed by atoms with Gasteiger partial charge in [-0.15, -0.1) is 0 Å². The number of halogens is 1. The van der Waals surface area contributed by atoms with Crippen LogP contribution in [-0.4, -0.2) is 27.1 Å². The maximum Gasteiger partial charge on any atom is 0.336 e. The Bertz CT molecular complexity index is 892. The lowest BCUT2D eigenvalue weighted by Gasteiger charge is -2.12. The standard InChI is InChI=1S/C18H12ClNO4S/c19-13-7-5-11(6-8-13)10-20-16(21)15(25-18(20)24)9-12-3-1-2-4-14(12)17(22)23/h1-9H,10H2,(H,22,23)/b15-9+. The van der Waals surface area contributed by atoms with E-state index in [1.54, 1.807) is 42.5 Å². The van der Waals surface area contributed by atoms with Crippen molar-refractivity contribution in [1.82, 2.24) is 4.90 Å². The van der Waals surface area contributed by atoms with Crippen LogP contribution in [0.1, 0.15) is 21.5 Å². The van der Waals surface area contributed by atoms with E-state index in [0.717, 1.165) is 22.2 Å². The average Bonchev–Trinajstić information content (AvgIpc) is 2.84. The monoisotopic (exact) mass is 373 g/mol. The lowest BCUT2D eigenvalue weighted by molar-refractivity contribution is -0.123. The number of carboxylic acid groups (broad SMARTS) is 1. The predicted molar refractivity (Wildman–Crippen MR) is 96.4 cm³/mol. The Balaban J connectivity index is 1.86. The smallest absolute Gasteiger partial charge is 0.336 e. The lowest BCUT2D eigenvalue weighted by Crippen LogP contribution is -2.27. The summed E-state index contributed by atoms with van der Waals surface area (Å²) in [5.74, 6) is -1.53. The van der Waals surface area contributed by atoms with Crippen LogP contribution in [0.25, 0.3) is 6.08 Å². The second-order valence-corrected chi connectivity index (χ2v) is 6.72. The topological polar surface area (TPSA) is 74.7 Å². The molecule has 0 atom stereocenters. The molecular formula is C18H12ClNO4S. The Hall–Kier alpha value is -2.57. The van der Waals surface area contributed by atoms with E-state index in [1.807, 2.05) is 0 Å². The van der Waals surface area contributed by atoms with Gasteiger partial charge in [-0.3, -0.25) is 14.5 Å². The molecule has 2 aromatic rings. The summed E-state index contributed by atoms with van der Waals surface area (Å²) in [5.41, 5.74) is 1.23. The molecule has 1 fully saturated rings. The van der Waals surface area contributed by atoms with Crippen LogP contribution in [-0.2, 0) is 11.3 Å². The van der Waals surface area contributed by atoms with Crippen LogP contribution < -0.4 is 0 Å². The molecule has 0 radical (unpaired) electrons. The van der Waals surface area contributed by atoms with Gasteiger partial charge in [0.15, 0.2) is 0 Å². The molecule has 0 unspecified atom stereocenters. The minimum Gasteiger partial charge on any atom is -0.478 e. The van der Waals surface area contributed by atoms with E-state index < -0.39 is 11.9 Å². The first-order chi connectivity index (χ1) is 12.0. The van der Waals surface area contributed by atoms with Crippen LogP contribution >= 0.6 is 23.4 Å². The molecule has 0 spiro atoms. The van der Waals surface area contributed by atoms with Crippen LogP contribution in [0.2, 0.25) is 5.02 Å². The quantitative estimate of drug-likeness (QED) is 0.810. The molecule has 1 aliphatic rings.